The molecular formula is C11H13N. The zero-order chi connectivity index (χ0) is 8.97. The molecule has 1 nitrogen and oxygen atoms in total. The van der Waals surface area contributed by atoms with Crippen molar-refractivity contribution in [3.63, 3.8) is 0 Å². The molecule has 12 heavy (non-hydrogen) atoms. The van der Waals surface area contributed by atoms with Gasteiger partial charge in [-0.1, -0.05) is 36.4 Å². The summed E-state index contributed by atoms with van der Waals surface area (Å²) in [5.74, 6) is 0. The smallest absolute Gasteiger partial charge is 0.0638 e. The number of hydrogen-bond acceptors (Lipinski definition) is 1. The van der Waals surface area contributed by atoms with Crippen LogP contribution < -0.4 is 0 Å². The van der Waals surface area contributed by atoms with Gasteiger partial charge in [0.05, 0.1) is 5.71 Å². The maximum atomic E-state index is 7.77. The van der Waals surface area contributed by atoms with E-state index in [9.17, 15) is 0 Å². The average molecular weight is 159 g/mol. The highest BCUT2D eigenvalue weighted by Crippen LogP contribution is 2.06. The molecule has 1 heteroatoms. The number of rotatable bonds is 2. The van der Waals surface area contributed by atoms with Crippen molar-refractivity contribution < 1.29 is 0 Å². The molecule has 0 saturated heterocycles. The summed E-state index contributed by atoms with van der Waals surface area (Å²) < 4.78 is 0. The van der Waals surface area contributed by atoms with Crippen LogP contribution in [0.3, 0.4) is 0 Å². The van der Waals surface area contributed by atoms with Gasteiger partial charge in [0.1, 0.15) is 0 Å². The Balaban J connectivity index is 2.94. The molecule has 1 rings (SSSR count). The van der Waals surface area contributed by atoms with Crippen LogP contribution in [0.5, 0.6) is 0 Å². The molecule has 0 saturated carbocycles. The highest BCUT2D eigenvalue weighted by atomic mass is 14.4. The predicted octanol–water partition coefficient (Wildman–Crippen LogP) is 3.02. The van der Waals surface area contributed by atoms with Crippen LogP contribution in [0.2, 0.25) is 0 Å². The second kappa shape index (κ2) is 3.86. The zero-order valence-electron chi connectivity index (χ0n) is 7.46. The Morgan fingerprint density at radius 3 is 2.33 bits per heavy atom. The van der Waals surface area contributed by atoms with Gasteiger partial charge in [-0.2, -0.15) is 0 Å². The first kappa shape index (κ1) is 8.72. The molecule has 1 aromatic carbocycles. The Hall–Kier alpha value is -1.37. The summed E-state index contributed by atoms with van der Waals surface area (Å²) in [6.45, 7) is 3.90. The normalized spacial score (nSPS) is 11.3. The Morgan fingerprint density at radius 1 is 1.25 bits per heavy atom. The van der Waals surface area contributed by atoms with Crippen LogP contribution in [0.1, 0.15) is 19.4 Å². The van der Waals surface area contributed by atoms with Gasteiger partial charge < -0.3 is 5.41 Å². The van der Waals surface area contributed by atoms with Gasteiger partial charge >= 0.3 is 0 Å². The summed E-state index contributed by atoms with van der Waals surface area (Å²) in [5, 5.41) is 7.77. The average Bonchev–Trinajstić information content (AvgIpc) is 2.17. The summed E-state index contributed by atoms with van der Waals surface area (Å²) >= 11 is 0. The van der Waals surface area contributed by atoms with Crippen LogP contribution >= 0.6 is 0 Å². The van der Waals surface area contributed by atoms with Gasteiger partial charge in [-0.25, -0.2) is 0 Å². The minimum absolute atomic E-state index is 0.609. The molecule has 0 aliphatic rings. The lowest BCUT2D eigenvalue weighted by Crippen LogP contribution is -1.99. The maximum Gasteiger partial charge on any atom is 0.0638 e. The fourth-order valence-electron chi connectivity index (χ4n) is 0.977. The van der Waals surface area contributed by atoms with Crippen LogP contribution in [0.4, 0.5) is 0 Å². The molecule has 0 atom stereocenters. The Kier molecular flexibility index (Phi) is 2.81. The van der Waals surface area contributed by atoms with Crippen LogP contribution in [0.15, 0.2) is 42.0 Å². The van der Waals surface area contributed by atoms with E-state index in [0.717, 1.165) is 11.1 Å². The van der Waals surface area contributed by atoms with Gasteiger partial charge in [-0.05, 0) is 25.0 Å². The third-order valence-corrected chi connectivity index (χ3v) is 1.89. The van der Waals surface area contributed by atoms with Gasteiger partial charge in [0.15, 0.2) is 0 Å². The van der Waals surface area contributed by atoms with E-state index in [1.54, 1.807) is 0 Å². The van der Waals surface area contributed by atoms with Gasteiger partial charge in [-0.15, -0.1) is 0 Å². The summed E-state index contributed by atoms with van der Waals surface area (Å²) in [6.07, 6.45) is 1.95. The zero-order valence-corrected chi connectivity index (χ0v) is 7.46. The first-order valence-corrected chi connectivity index (χ1v) is 4.03. The van der Waals surface area contributed by atoms with Crippen LogP contribution in [-0.4, -0.2) is 5.71 Å². The van der Waals surface area contributed by atoms with Crippen molar-refractivity contribution >= 4 is 5.71 Å². The van der Waals surface area contributed by atoms with Gasteiger partial charge in [0.2, 0.25) is 0 Å². The molecule has 0 bridgehead atoms. The monoisotopic (exact) mass is 159 g/mol. The Bertz CT molecular complexity index is 296. The molecule has 0 aromatic heterocycles. The topological polar surface area (TPSA) is 23.9 Å². The minimum Gasteiger partial charge on any atom is -0.300 e. The lowest BCUT2D eigenvalue weighted by molar-refractivity contribution is 1.41. The Morgan fingerprint density at radius 2 is 1.83 bits per heavy atom. The van der Waals surface area contributed by atoms with Crippen molar-refractivity contribution in [2.75, 3.05) is 0 Å². The fraction of sp³-hybridized carbons (Fsp3) is 0.182. The summed E-state index contributed by atoms with van der Waals surface area (Å²) in [6, 6.07) is 9.77. The van der Waals surface area contributed by atoms with Gasteiger partial charge in [0, 0.05) is 0 Å². The second-order valence-electron chi connectivity index (χ2n) is 2.71. The van der Waals surface area contributed by atoms with E-state index in [-0.39, 0.29) is 0 Å². The van der Waals surface area contributed by atoms with Crippen LogP contribution in [0.25, 0.3) is 0 Å². The summed E-state index contributed by atoms with van der Waals surface area (Å²) in [5.41, 5.74) is 2.60. The highest BCUT2D eigenvalue weighted by molar-refractivity contribution is 6.10. The molecule has 62 valence electrons. The van der Waals surface area contributed by atoms with Crippen LogP contribution in [0, 0.1) is 5.41 Å². The largest absolute Gasteiger partial charge is 0.300 e. The number of hydrogen-bond donors (Lipinski definition) is 1. The summed E-state index contributed by atoms with van der Waals surface area (Å²) in [4.78, 5) is 0. The van der Waals surface area contributed by atoms with Gasteiger partial charge in [-0.3, -0.25) is 0 Å². The lowest BCUT2D eigenvalue weighted by Gasteiger charge is -2.02. The Labute approximate surface area is 73.3 Å². The van der Waals surface area contributed by atoms with Crippen molar-refractivity contribution in [3.05, 3.63) is 47.5 Å². The first-order valence-electron chi connectivity index (χ1n) is 4.03. The van der Waals surface area contributed by atoms with E-state index in [1.165, 1.54) is 0 Å². The number of benzene rings is 1. The molecule has 0 fully saturated rings. The highest BCUT2D eigenvalue weighted by Gasteiger charge is 1.99. The van der Waals surface area contributed by atoms with Gasteiger partial charge in [0.25, 0.3) is 0 Å². The third kappa shape index (κ3) is 1.82. The molecule has 1 N–H and O–H groups in total. The van der Waals surface area contributed by atoms with E-state index in [2.05, 4.69) is 0 Å². The first-order chi connectivity index (χ1) is 5.75. The molecule has 0 aliphatic heterocycles. The fourth-order valence-corrected chi connectivity index (χ4v) is 0.977. The van der Waals surface area contributed by atoms with E-state index < -0.39 is 0 Å². The molecule has 0 heterocycles. The molecule has 0 spiro atoms. The standard InChI is InChI=1S/C11H13N/c1-3-9(2)11(12)10-7-5-4-6-8-10/h3-8,12H,1-2H3/b9-3-,12-11?. The molecule has 0 unspecified atom stereocenters. The van der Waals surface area contributed by atoms with Crippen molar-refractivity contribution in [1.82, 2.24) is 0 Å². The quantitative estimate of drug-likeness (QED) is 0.641. The maximum absolute atomic E-state index is 7.77. The SMILES string of the molecule is C/C=C(/C)C(=N)c1ccccc1. The predicted molar refractivity (Wildman–Crippen MR) is 52.7 cm³/mol. The minimum atomic E-state index is 0.609. The van der Waals surface area contributed by atoms with Crippen molar-refractivity contribution in [3.8, 4) is 0 Å². The van der Waals surface area contributed by atoms with E-state index in [4.69, 9.17) is 5.41 Å². The molecule has 1 aromatic rings. The van der Waals surface area contributed by atoms with Crippen LogP contribution in [-0.2, 0) is 0 Å². The second-order valence-corrected chi connectivity index (χ2v) is 2.71. The van der Waals surface area contributed by atoms with E-state index in [1.807, 2.05) is 50.3 Å². The number of nitrogens with one attached hydrogen (secondary N) is 1. The van der Waals surface area contributed by atoms with Crippen molar-refractivity contribution in [2.24, 2.45) is 0 Å². The van der Waals surface area contributed by atoms with Crippen molar-refractivity contribution in [1.29, 1.82) is 5.41 Å². The summed E-state index contributed by atoms with van der Waals surface area (Å²) in [7, 11) is 0. The molecular weight excluding hydrogens is 146 g/mol. The molecule has 0 radical (unpaired) electrons. The number of allylic oxidation sites excluding steroid dienone is 2. The third-order valence-electron chi connectivity index (χ3n) is 1.89. The van der Waals surface area contributed by atoms with E-state index in [0.29, 0.717) is 5.71 Å². The van der Waals surface area contributed by atoms with Crippen molar-refractivity contribution in [2.45, 2.75) is 13.8 Å². The van der Waals surface area contributed by atoms with E-state index >= 15 is 0 Å². The molecule has 0 amide bonds. The lowest BCUT2D eigenvalue weighted by atomic mass is 10.0. The molecule has 0 aliphatic carbocycles.